The van der Waals surface area contributed by atoms with Gasteiger partial charge in [-0.3, -0.25) is 0 Å². The third-order valence-corrected chi connectivity index (χ3v) is 3.64. The molecule has 3 rings (SSSR count). The lowest BCUT2D eigenvalue weighted by Gasteiger charge is -2.22. The molecule has 0 spiro atoms. The number of carboxylic acids is 1. The number of hydrogen-bond acceptors (Lipinski definition) is 2. The van der Waals surface area contributed by atoms with Crippen molar-refractivity contribution in [3.05, 3.63) is 36.0 Å². The second-order valence-corrected chi connectivity index (χ2v) is 4.84. The summed E-state index contributed by atoms with van der Waals surface area (Å²) in [6, 6.07) is 6.58. The average Bonchev–Trinajstić information content (AvgIpc) is 3.02. The normalized spacial score (nSPS) is 16.4. The maximum absolute atomic E-state index is 11.7. The number of urea groups is 1. The largest absolute Gasteiger partial charge is 0.480 e. The predicted molar refractivity (Wildman–Crippen MR) is 73.5 cm³/mol. The molecule has 0 saturated carbocycles. The van der Waals surface area contributed by atoms with Gasteiger partial charge in [0.2, 0.25) is 0 Å². The van der Waals surface area contributed by atoms with E-state index < -0.39 is 12.0 Å². The van der Waals surface area contributed by atoms with Crippen molar-refractivity contribution >= 4 is 22.9 Å². The summed E-state index contributed by atoms with van der Waals surface area (Å²) in [7, 11) is 0. The third-order valence-electron chi connectivity index (χ3n) is 3.64. The molecule has 20 heavy (non-hydrogen) atoms. The number of aromatic amines is 1. The first-order valence-corrected chi connectivity index (χ1v) is 6.49. The molecular formula is C14H15N3O3. The molecule has 2 heterocycles. The molecule has 1 aliphatic heterocycles. The smallest absolute Gasteiger partial charge is 0.326 e. The van der Waals surface area contributed by atoms with Crippen molar-refractivity contribution in [3.63, 3.8) is 0 Å². The number of carbonyl (C=O) groups excluding carboxylic acids is 1. The number of para-hydroxylation sites is 1. The lowest BCUT2D eigenvalue weighted by molar-refractivity contribution is -0.141. The van der Waals surface area contributed by atoms with Gasteiger partial charge in [0.25, 0.3) is 0 Å². The van der Waals surface area contributed by atoms with Gasteiger partial charge in [-0.1, -0.05) is 18.2 Å². The highest BCUT2D eigenvalue weighted by atomic mass is 16.4. The number of H-pyrrole nitrogens is 1. The molecule has 1 atom stereocenters. The van der Waals surface area contributed by atoms with E-state index in [0.29, 0.717) is 19.5 Å². The summed E-state index contributed by atoms with van der Waals surface area (Å²) in [5.41, 5.74) is 1.88. The molecule has 1 saturated heterocycles. The van der Waals surface area contributed by atoms with Crippen LogP contribution in [0.2, 0.25) is 0 Å². The summed E-state index contributed by atoms with van der Waals surface area (Å²) in [5.74, 6) is -0.979. The second kappa shape index (κ2) is 4.88. The first-order chi connectivity index (χ1) is 9.66. The van der Waals surface area contributed by atoms with Crippen molar-refractivity contribution in [3.8, 4) is 0 Å². The Morgan fingerprint density at radius 2 is 2.20 bits per heavy atom. The van der Waals surface area contributed by atoms with Gasteiger partial charge in [-0.25, -0.2) is 9.59 Å². The fourth-order valence-corrected chi connectivity index (χ4v) is 2.62. The monoisotopic (exact) mass is 273 g/mol. The van der Waals surface area contributed by atoms with Crippen LogP contribution in [0.3, 0.4) is 0 Å². The van der Waals surface area contributed by atoms with Crippen molar-refractivity contribution in [1.82, 2.24) is 15.2 Å². The molecule has 0 radical (unpaired) electrons. The minimum Gasteiger partial charge on any atom is -0.480 e. The number of hydrogen-bond donors (Lipinski definition) is 3. The Bertz CT molecular complexity index is 664. The Labute approximate surface area is 115 Å². The van der Waals surface area contributed by atoms with E-state index in [2.05, 4.69) is 10.3 Å². The van der Waals surface area contributed by atoms with Crippen LogP contribution in [0.1, 0.15) is 5.56 Å². The molecule has 104 valence electrons. The molecule has 6 nitrogen and oxygen atoms in total. The maximum atomic E-state index is 11.7. The van der Waals surface area contributed by atoms with E-state index in [1.54, 1.807) is 0 Å². The van der Waals surface area contributed by atoms with E-state index in [9.17, 15) is 14.7 Å². The molecule has 0 bridgehead atoms. The van der Waals surface area contributed by atoms with Crippen molar-refractivity contribution in [2.24, 2.45) is 0 Å². The van der Waals surface area contributed by atoms with Crippen molar-refractivity contribution in [1.29, 1.82) is 0 Å². The van der Waals surface area contributed by atoms with Crippen LogP contribution in [0.5, 0.6) is 0 Å². The van der Waals surface area contributed by atoms with Gasteiger partial charge in [0.15, 0.2) is 0 Å². The summed E-state index contributed by atoms with van der Waals surface area (Å²) in [6.07, 6.45) is 2.11. The third kappa shape index (κ3) is 2.09. The lowest BCUT2D eigenvalue weighted by atomic mass is 10.0. The van der Waals surface area contributed by atoms with E-state index in [1.807, 2.05) is 30.5 Å². The van der Waals surface area contributed by atoms with E-state index in [0.717, 1.165) is 16.5 Å². The van der Waals surface area contributed by atoms with Crippen LogP contribution in [-0.2, 0) is 11.2 Å². The molecule has 6 heteroatoms. The summed E-state index contributed by atoms with van der Waals surface area (Å²) < 4.78 is 0. The van der Waals surface area contributed by atoms with Gasteiger partial charge in [0.05, 0.1) is 0 Å². The molecule has 1 unspecified atom stereocenters. The number of carboxylic acid groups (broad SMARTS) is 1. The van der Waals surface area contributed by atoms with Gasteiger partial charge in [0.1, 0.15) is 6.04 Å². The van der Waals surface area contributed by atoms with Crippen LogP contribution in [-0.4, -0.2) is 46.1 Å². The number of benzene rings is 1. The first-order valence-electron chi connectivity index (χ1n) is 6.49. The number of nitrogens with one attached hydrogen (secondary N) is 2. The number of aromatic nitrogens is 1. The molecule has 1 aromatic heterocycles. The van der Waals surface area contributed by atoms with Crippen LogP contribution < -0.4 is 5.32 Å². The SMILES string of the molecule is O=C(O)C(Cc1c[nH]c2ccccc12)N1CCNC1=O. The van der Waals surface area contributed by atoms with Gasteiger partial charge in [-0.2, -0.15) is 0 Å². The zero-order chi connectivity index (χ0) is 14.1. The topological polar surface area (TPSA) is 85.4 Å². The van der Waals surface area contributed by atoms with Crippen molar-refractivity contribution in [2.45, 2.75) is 12.5 Å². The highest BCUT2D eigenvalue weighted by molar-refractivity contribution is 5.87. The fourth-order valence-electron chi connectivity index (χ4n) is 2.62. The van der Waals surface area contributed by atoms with E-state index in [-0.39, 0.29) is 6.03 Å². The van der Waals surface area contributed by atoms with Gasteiger partial charge in [-0.15, -0.1) is 0 Å². The number of nitrogens with zero attached hydrogens (tertiary/aromatic N) is 1. The predicted octanol–water partition coefficient (Wildman–Crippen LogP) is 1.19. The average molecular weight is 273 g/mol. The summed E-state index contributed by atoms with van der Waals surface area (Å²) >= 11 is 0. The zero-order valence-electron chi connectivity index (χ0n) is 10.8. The molecule has 1 aromatic carbocycles. The van der Waals surface area contributed by atoms with Gasteiger partial charge < -0.3 is 20.3 Å². The Kier molecular flexibility index (Phi) is 3.06. The molecule has 3 N–H and O–H groups in total. The minimum atomic E-state index is -0.979. The molecular weight excluding hydrogens is 258 g/mol. The molecule has 1 aliphatic rings. The standard InChI is InChI=1S/C14H15N3O3/c18-13(19)12(17-6-5-15-14(17)20)7-9-8-16-11-4-2-1-3-10(9)11/h1-4,8,12,16H,5-7H2,(H,15,20)(H,18,19). The van der Waals surface area contributed by atoms with Crippen LogP contribution >= 0.6 is 0 Å². The number of rotatable bonds is 4. The minimum absolute atomic E-state index is 0.298. The van der Waals surface area contributed by atoms with Crippen LogP contribution in [0.4, 0.5) is 4.79 Å². The van der Waals surface area contributed by atoms with Crippen LogP contribution in [0.25, 0.3) is 10.9 Å². The number of amides is 2. The Morgan fingerprint density at radius 3 is 2.90 bits per heavy atom. The fraction of sp³-hybridized carbons (Fsp3) is 0.286. The second-order valence-electron chi connectivity index (χ2n) is 4.84. The number of carbonyl (C=O) groups is 2. The summed E-state index contributed by atoms with van der Waals surface area (Å²) in [6.45, 7) is 0.925. The van der Waals surface area contributed by atoms with Gasteiger partial charge in [0, 0.05) is 36.6 Å². The Hall–Kier alpha value is -2.50. The van der Waals surface area contributed by atoms with Gasteiger partial charge in [-0.05, 0) is 11.6 Å². The number of fused-ring (bicyclic) bond motifs is 1. The van der Waals surface area contributed by atoms with E-state index in [1.165, 1.54) is 4.90 Å². The van der Waals surface area contributed by atoms with Gasteiger partial charge >= 0.3 is 12.0 Å². The summed E-state index contributed by atoms with van der Waals surface area (Å²) in [5, 5.41) is 13.0. The van der Waals surface area contributed by atoms with Crippen LogP contribution in [0.15, 0.2) is 30.5 Å². The maximum Gasteiger partial charge on any atom is 0.326 e. The van der Waals surface area contributed by atoms with Crippen molar-refractivity contribution < 1.29 is 14.7 Å². The zero-order valence-corrected chi connectivity index (χ0v) is 10.8. The lowest BCUT2D eigenvalue weighted by Crippen LogP contribution is -2.44. The first kappa shape index (κ1) is 12.5. The van der Waals surface area contributed by atoms with E-state index >= 15 is 0 Å². The van der Waals surface area contributed by atoms with Crippen molar-refractivity contribution in [2.75, 3.05) is 13.1 Å². The molecule has 1 fully saturated rings. The highest BCUT2D eigenvalue weighted by Crippen LogP contribution is 2.21. The highest BCUT2D eigenvalue weighted by Gasteiger charge is 2.33. The molecule has 2 aromatic rings. The van der Waals surface area contributed by atoms with Crippen LogP contribution in [0, 0.1) is 0 Å². The summed E-state index contributed by atoms with van der Waals surface area (Å²) in [4.78, 5) is 27.6. The number of aliphatic carboxylic acids is 1. The molecule has 2 amide bonds. The quantitative estimate of drug-likeness (QED) is 0.782. The Balaban J connectivity index is 1.90. The van der Waals surface area contributed by atoms with E-state index in [4.69, 9.17) is 0 Å². The Morgan fingerprint density at radius 1 is 1.40 bits per heavy atom. The molecule has 0 aliphatic carbocycles.